The molecule has 1 aliphatic rings. The molecule has 1 N–H and O–H groups in total. The Labute approximate surface area is 157 Å². The fourth-order valence-corrected chi connectivity index (χ4v) is 4.69. The van der Waals surface area contributed by atoms with Gasteiger partial charge in [-0.1, -0.05) is 24.3 Å². The molecule has 1 aliphatic heterocycles. The number of nitro groups is 1. The fourth-order valence-electron chi connectivity index (χ4n) is 3.23. The maximum atomic E-state index is 13.8. The van der Waals surface area contributed by atoms with E-state index < -0.39 is 14.9 Å². The third-order valence-corrected chi connectivity index (χ3v) is 6.74. The molecular formula is C18H21FN3O4S+. The summed E-state index contributed by atoms with van der Waals surface area (Å²) in [6, 6.07) is 10.5. The Kier molecular flexibility index (Phi) is 5.54. The van der Waals surface area contributed by atoms with Crippen molar-refractivity contribution < 1.29 is 22.6 Å². The van der Waals surface area contributed by atoms with Gasteiger partial charge in [0.05, 0.1) is 36.0 Å². The van der Waals surface area contributed by atoms with Crippen molar-refractivity contribution in [1.82, 2.24) is 4.31 Å². The van der Waals surface area contributed by atoms with Crippen molar-refractivity contribution in [3.63, 3.8) is 0 Å². The molecule has 0 bridgehead atoms. The number of halogens is 1. The quantitative estimate of drug-likeness (QED) is 0.609. The first-order chi connectivity index (χ1) is 12.8. The second kappa shape index (κ2) is 7.71. The Morgan fingerprint density at radius 1 is 1.19 bits per heavy atom. The number of piperazine rings is 1. The smallest absolute Gasteiger partial charge is 0.273 e. The van der Waals surface area contributed by atoms with Gasteiger partial charge in [0.1, 0.15) is 12.4 Å². The van der Waals surface area contributed by atoms with Crippen molar-refractivity contribution in [3.8, 4) is 0 Å². The number of nitrogens with zero attached hydrogens (tertiary/aromatic N) is 2. The van der Waals surface area contributed by atoms with Gasteiger partial charge in [0.15, 0.2) is 0 Å². The molecule has 1 fully saturated rings. The van der Waals surface area contributed by atoms with E-state index >= 15 is 0 Å². The lowest BCUT2D eigenvalue weighted by Gasteiger charge is -2.31. The topological polar surface area (TPSA) is 85.0 Å². The van der Waals surface area contributed by atoms with E-state index in [1.807, 2.05) is 0 Å². The number of hydrogen-bond donors (Lipinski definition) is 1. The molecule has 1 heterocycles. The first-order valence-electron chi connectivity index (χ1n) is 8.61. The van der Waals surface area contributed by atoms with Gasteiger partial charge in [0, 0.05) is 17.2 Å². The van der Waals surface area contributed by atoms with Crippen LogP contribution in [0.4, 0.5) is 10.1 Å². The zero-order valence-corrected chi connectivity index (χ0v) is 15.7. The van der Waals surface area contributed by atoms with Crippen LogP contribution >= 0.6 is 0 Å². The second-order valence-electron chi connectivity index (χ2n) is 6.63. The lowest BCUT2D eigenvalue weighted by atomic mass is 10.2. The SMILES string of the molecule is Cc1ccc(S(=O)(=O)N2CC[NH+](Cc3ccccc3F)CC2)cc1[N+](=O)[O-]. The van der Waals surface area contributed by atoms with Crippen LogP contribution < -0.4 is 4.90 Å². The van der Waals surface area contributed by atoms with E-state index in [0.717, 1.165) is 11.0 Å². The van der Waals surface area contributed by atoms with E-state index in [-0.39, 0.29) is 29.5 Å². The number of nitro benzene ring substituents is 1. The van der Waals surface area contributed by atoms with Crippen molar-refractivity contribution in [3.05, 3.63) is 69.5 Å². The van der Waals surface area contributed by atoms with Gasteiger partial charge in [-0.3, -0.25) is 10.1 Å². The fraction of sp³-hybridized carbons (Fsp3) is 0.333. The monoisotopic (exact) mass is 394 g/mol. The van der Waals surface area contributed by atoms with Crippen molar-refractivity contribution in [2.24, 2.45) is 0 Å². The average molecular weight is 394 g/mol. The van der Waals surface area contributed by atoms with Crippen LogP contribution in [-0.2, 0) is 16.6 Å². The molecule has 0 unspecified atom stereocenters. The van der Waals surface area contributed by atoms with E-state index in [1.54, 1.807) is 25.1 Å². The van der Waals surface area contributed by atoms with Crippen LogP contribution in [0.1, 0.15) is 11.1 Å². The second-order valence-corrected chi connectivity index (χ2v) is 8.57. The minimum absolute atomic E-state index is 0.0719. The van der Waals surface area contributed by atoms with E-state index in [1.165, 1.54) is 22.5 Å². The molecule has 0 amide bonds. The van der Waals surface area contributed by atoms with E-state index in [4.69, 9.17) is 0 Å². The number of hydrogen-bond acceptors (Lipinski definition) is 4. The Balaban J connectivity index is 1.71. The highest BCUT2D eigenvalue weighted by molar-refractivity contribution is 7.89. The molecule has 0 aromatic heterocycles. The van der Waals surface area contributed by atoms with Crippen LogP contribution in [-0.4, -0.2) is 43.8 Å². The minimum atomic E-state index is -3.80. The summed E-state index contributed by atoms with van der Waals surface area (Å²) in [6.07, 6.45) is 0. The van der Waals surface area contributed by atoms with Crippen LogP contribution in [0.5, 0.6) is 0 Å². The van der Waals surface area contributed by atoms with Gasteiger partial charge in [0.2, 0.25) is 10.0 Å². The number of aryl methyl sites for hydroxylation is 1. The van der Waals surface area contributed by atoms with Crippen molar-refractivity contribution >= 4 is 15.7 Å². The van der Waals surface area contributed by atoms with Crippen LogP contribution in [0.25, 0.3) is 0 Å². The largest absolute Gasteiger partial charge is 0.329 e. The van der Waals surface area contributed by atoms with Gasteiger partial charge in [-0.25, -0.2) is 12.8 Å². The first-order valence-corrected chi connectivity index (χ1v) is 10.0. The Bertz CT molecular complexity index is 957. The number of quaternary nitrogens is 1. The molecule has 27 heavy (non-hydrogen) atoms. The molecule has 0 aliphatic carbocycles. The predicted octanol–water partition coefficient (Wildman–Crippen LogP) is 1.13. The molecule has 0 atom stereocenters. The maximum absolute atomic E-state index is 13.8. The normalized spacial score (nSPS) is 16.4. The van der Waals surface area contributed by atoms with Crippen molar-refractivity contribution in [2.45, 2.75) is 18.4 Å². The van der Waals surface area contributed by atoms with Gasteiger partial charge in [-0.15, -0.1) is 0 Å². The van der Waals surface area contributed by atoms with Crippen molar-refractivity contribution in [2.75, 3.05) is 26.2 Å². The molecule has 2 aromatic rings. The highest BCUT2D eigenvalue weighted by Crippen LogP contribution is 2.24. The van der Waals surface area contributed by atoms with Gasteiger partial charge in [-0.2, -0.15) is 4.31 Å². The summed E-state index contributed by atoms with van der Waals surface area (Å²) in [5.41, 5.74) is 0.816. The van der Waals surface area contributed by atoms with Crippen LogP contribution in [0.3, 0.4) is 0 Å². The van der Waals surface area contributed by atoms with Gasteiger partial charge in [-0.05, 0) is 19.1 Å². The molecule has 3 rings (SSSR count). The van der Waals surface area contributed by atoms with Gasteiger partial charge >= 0.3 is 0 Å². The average Bonchev–Trinajstić information content (AvgIpc) is 2.64. The lowest BCUT2D eigenvalue weighted by Crippen LogP contribution is -3.13. The molecular weight excluding hydrogens is 373 g/mol. The summed E-state index contributed by atoms with van der Waals surface area (Å²) < 4.78 is 40.8. The summed E-state index contributed by atoms with van der Waals surface area (Å²) in [4.78, 5) is 11.5. The third kappa shape index (κ3) is 4.15. The Morgan fingerprint density at radius 3 is 2.48 bits per heavy atom. The number of nitrogens with one attached hydrogen (secondary N) is 1. The predicted molar refractivity (Wildman–Crippen MR) is 97.4 cm³/mol. The first kappa shape index (κ1) is 19.4. The van der Waals surface area contributed by atoms with E-state index in [2.05, 4.69) is 0 Å². The molecule has 0 radical (unpaired) electrons. The zero-order valence-electron chi connectivity index (χ0n) is 14.9. The number of rotatable bonds is 5. The van der Waals surface area contributed by atoms with E-state index in [0.29, 0.717) is 30.8 Å². The standard InChI is InChI=1S/C18H20FN3O4S/c1-14-6-7-16(12-18(14)22(23)24)27(25,26)21-10-8-20(9-11-21)13-15-4-2-3-5-17(15)19/h2-7,12H,8-11,13H2,1H3/p+1. The van der Waals surface area contributed by atoms with E-state index in [9.17, 15) is 22.9 Å². The Morgan fingerprint density at radius 2 is 1.85 bits per heavy atom. The molecule has 1 saturated heterocycles. The minimum Gasteiger partial charge on any atom is -0.329 e. The van der Waals surface area contributed by atoms with Crippen LogP contribution in [0.15, 0.2) is 47.4 Å². The van der Waals surface area contributed by atoms with Crippen LogP contribution in [0.2, 0.25) is 0 Å². The molecule has 9 heteroatoms. The van der Waals surface area contributed by atoms with Crippen LogP contribution in [0, 0.1) is 22.9 Å². The molecule has 7 nitrogen and oxygen atoms in total. The summed E-state index contributed by atoms with van der Waals surface area (Å²) in [6.45, 7) is 3.72. The number of benzene rings is 2. The summed E-state index contributed by atoms with van der Waals surface area (Å²) in [5, 5.41) is 11.1. The van der Waals surface area contributed by atoms with Crippen molar-refractivity contribution in [1.29, 1.82) is 0 Å². The molecule has 144 valence electrons. The highest BCUT2D eigenvalue weighted by Gasteiger charge is 2.31. The lowest BCUT2D eigenvalue weighted by molar-refractivity contribution is -0.917. The zero-order chi connectivity index (χ0) is 19.6. The van der Waals surface area contributed by atoms with Gasteiger partial charge in [0.25, 0.3) is 5.69 Å². The summed E-state index contributed by atoms with van der Waals surface area (Å²) in [5.74, 6) is -0.257. The third-order valence-electron chi connectivity index (χ3n) is 4.84. The summed E-state index contributed by atoms with van der Waals surface area (Å²) >= 11 is 0. The number of sulfonamides is 1. The maximum Gasteiger partial charge on any atom is 0.273 e. The molecule has 0 spiro atoms. The van der Waals surface area contributed by atoms with Gasteiger partial charge < -0.3 is 4.90 Å². The summed E-state index contributed by atoms with van der Waals surface area (Å²) in [7, 11) is -3.80. The molecule has 2 aromatic carbocycles. The molecule has 0 saturated carbocycles. The highest BCUT2D eigenvalue weighted by atomic mass is 32.2. The Hall–Kier alpha value is -2.36.